The van der Waals surface area contributed by atoms with Crippen molar-refractivity contribution < 1.29 is 14.3 Å². The highest BCUT2D eigenvalue weighted by Crippen LogP contribution is 2.47. The molecule has 2 aliphatic rings. The molecular weight excluding hydrogens is 268 g/mol. The van der Waals surface area contributed by atoms with Gasteiger partial charge in [-0.05, 0) is 31.1 Å². The molecular formula is C13H25ClN2O3. The van der Waals surface area contributed by atoms with Crippen molar-refractivity contribution >= 4 is 18.3 Å². The fourth-order valence-corrected chi connectivity index (χ4v) is 3.33. The van der Waals surface area contributed by atoms with Crippen LogP contribution in [0.3, 0.4) is 0 Å². The van der Waals surface area contributed by atoms with E-state index in [0.29, 0.717) is 38.2 Å². The van der Waals surface area contributed by atoms with Gasteiger partial charge in [0.25, 0.3) is 0 Å². The molecule has 3 N–H and O–H groups in total. The summed E-state index contributed by atoms with van der Waals surface area (Å²) in [6, 6.07) is 0.0677. The number of fused-ring (bicyclic) bond motifs is 2. The molecule has 5 nitrogen and oxygen atoms in total. The van der Waals surface area contributed by atoms with Crippen molar-refractivity contribution in [2.24, 2.45) is 23.5 Å². The van der Waals surface area contributed by atoms with Gasteiger partial charge in [-0.3, -0.25) is 4.79 Å². The van der Waals surface area contributed by atoms with Crippen LogP contribution in [0.1, 0.15) is 19.3 Å². The van der Waals surface area contributed by atoms with Gasteiger partial charge < -0.3 is 20.5 Å². The number of hydrogen-bond acceptors (Lipinski definition) is 4. The van der Waals surface area contributed by atoms with E-state index in [1.807, 2.05) is 0 Å². The summed E-state index contributed by atoms with van der Waals surface area (Å²) in [5.41, 5.74) is 6.13. The molecule has 4 atom stereocenters. The van der Waals surface area contributed by atoms with Gasteiger partial charge in [-0.2, -0.15) is 0 Å². The van der Waals surface area contributed by atoms with E-state index in [2.05, 4.69) is 5.32 Å². The molecule has 0 aromatic rings. The minimum atomic E-state index is 0. The first kappa shape index (κ1) is 16.7. The first-order chi connectivity index (χ1) is 8.74. The van der Waals surface area contributed by atoms with Crippen molar-refractivity contribution in [2.75, 3.05) is 33.5 Å². The molecule has 112 valence electrons. The van der Waals surface area contributed by atoms with Crippen LogP contribution in [0.25, 0.3) is 0 Å². The van der Waals surface area contributed by atoms with E-state index >= 15 is 0 Å². The van der Waals surface area contributed by atoms with Gasteiger partial charge in [0.2, 0.25) is 5.91 Å². The molecule has 0 radical (unpaired) electrons. The van der Waals surface area contributed by atoms with E-state index in [-0.39, 0.29) is 30.3 Å². The lowest BCUT2D eigenvalue weighted by Gasteiger charge is -2.26. The first-order valence-electron chi connectivity index (χ1n) is 6.84. The van der Waals surface area contributed by atoms with Crippen molar-refractivity contribution in [1.29, 1.82) is 0 Å². The first-order valence-corrected chi connectivity index (χ1v) is 6.84. The molecule has 2 bridgehead atoms. The third kappa shape index (κ3) is 4.05. The lowest BCUT2D eigenvalue weighted by molar-refractivity contribution is -0.127. The summed E-state index contributed by atoms with van der Waals surface area (Å²) in [7, 11) is 1.64. The Bertz CT molecular complexity index is 289. The summed E-state index contributed by atoms with van der Waals surface area (Å²) in [6.45, 7) is 2.25. The van der Waals surface area contributed by atoms with Gasteiger partial charge >= 0.3 is 0 Å². The number of carbonyl (C=O) groups is 1. The lowest BCUT2D eigenvalue weighted by Crippen LogP contribution is -2.45. The van der Waals surface area contributed by atoms with Gasteiger partial charge in [-0.25, -0.2) is 0 Å². The van der Waals surface area contributed by atoms with Crippen molar-refractivity contribution in [1.82, 2.24) is 5.32 Å². The molecule has 4 unspecified atom stereocenters. The Balaban J connectivity index is 0.00000180. The van der Waals surface area contributed by atoms with Gasteiger partial charge in [0, 0.05) is 19.7 Å². The predicted octanol–water partition coefficient (Wildman–Crippen LogP) is 0.561. The van der Waals surface area contributed by atoms with E-state index in [0.717, 1.165) is 6.42 Å². The molecule has 0 aliphatic heterocycles. The number of rotatable bonds is 7. The molecule has 2 fully saturated rings. The second kappa shape index (κ2) is 8.04. The van der Waals surface area contributed by atoms with Crippen LogP contribution in [0.15, 0.2) is 0 Å². The maximum absolute atomic E-state index is 12.1. The molecule has 2 saturated carbocycles. The summed E-state index contributed by atoms with van der Waals surface area (Å²) in [4.78, 5) is 12.1. The molecule has 0 saturated heterocycles. The standard InChI is InChI=1S/C13H24N2O3.ClH/c1-17-6-7-18-5-4-15-13(16)11-9-2-3-10(8-9)12(11)14;/h9-12H,2-8,14H2,1H3,(H,15,16);1H. The number of hydrogen-bond donors (Lipinski definition) is 2. The number of ether oxygens (including phenoxy) is 2. The van der Waals surface area contributed by atoms with Crippen LogP contribution in [0.5, 0.6) is 0 Å². The number of nitrogens with one attached hydrogen (secondary N) is 1. The van der Waals surface area contributed by atoms with Gasteiger partial charge in [-0.1, -0.05) is 0 Å². The third-order valence-corrected chi connectivity index (χ3v) is 4.26. The highest BCUT2D eigenvalue weighted by molar-refractivity contribution is 5.85. The van der Waals surface area contributed by atoms with Crippen LogP contribution >= 0.6 is 12.4 Å². The van der Waals surface area contributed by atoms with Crippen LogP contribution in [-0.2, 0) is 14.3 Å². The van der Waals surface area contributed by atoms with Crippen molar-refractivity contribution in [2.45, 2.75) is 25.3 Å². The van der Waals surface area contributed by atoms with E-state index in [1.165, 1.54) is 12.8 Å². The molecule has 0 aromatic carbocycles. The summed E-state index contributed by atoms with van der Waals surface area (Å²) in [5, 5.41) is 2.93. The molecule has 2 rings (SSSR count). The lowest BCUT2D eigenvalue weighted by atomic mass is 9.84. The van der Waals surface area contributed by atoms with Crippen LogP contribution in [-0.4, -0.2) is 45.4 Å². The molecule has 1 amide bonds. The van der Waals surface area contributed by atoms with Crippen molar-refractivity contribution in [3.63, 3.8) is 0 Å². The second-order valence-electron chi connectivity index (χ2n) is 5.33. The fourth-order valence-electron chi connectivity index (χ4n) is 3.33. The Labute approximate surface area is 121 Å². The number of methoxy groups -OCH3 is 1. The number of nitrogens with two attached hydrogens (primary N) is 1. The minimum absolute atomic E-state index is 0. The van der Waals surface area contributed by atoms with Crippen LogP contribution in [0.4, 0.5) is 0 Å². The zero-order valence-electron chi connectivity index (χ0n) is 11.5. The van der Waals surface area contributed by atoms with E-state index < -0.39 is 0 Å². The predicted molar refractivity (Wildman–Crippen MR) is 75.2 cm³/mol. The third-order valence-electron chi connectivity index (χ3n) is 4.26. The zero-order valence-corrected chi connectivity index (χ0v) is 12.3. The van der Waals surface area contributed by atoms with Crippen LogP contribution < -0.4 is 11.1 Å². The SMILES string of the molecule is COCCOCCNC(=O)C1C2CCC(C2)C1N.Cl. The quantitative estimate of drug-likeness (QED) is 0.673. The van der Waals surface area contributed by atoms with Crippen LogP contribution in [0, 0.1) is 17.8 Å². The Morgan fingerprint density at radius 3 is 2.63 bits per heavy atom. The van der Waals surface area contributed by atoms with E-state index in [4.69, 9.17) is 15.2 Å². The summed E-state index contributed by atoms with van der Waals surface area (Å²) < 4.78 is 10.2. The number of carbonyl (C=O) groups excluding carboxylic acids is 1. The molecule has 19 heavy (non-hydrogen) atoms. The average molecular weight is 293 g/mol. The van der Waals surface area contributed by atoms with E-state index in [9.17, 15) is 4.79 Å². The van der Waals surface area contributed by atoms with Gasteiger partial charge in [0.15, 0.2) is 0 Å². The minimum Gasteiger partial charge on any atom is -0.382 e. The fraction of sp³-hybridized carbons (Fsp3) is 0.923. The summed E-state index contributed by atoms with van der Waals surface area (Å²) in [5.74, 6) is 1.23. The second-order valence-corrected chi connectivity index (χ2v) is 5.33. The summed E-state index contributed by atoms with van der Waals surface area (Å²) in [6.07, 6.45) is 3.51. The molecule has 0 heterocycles. The summed E-state index contributed by atoms with van der Waals surface area (Å²) >= 11 is 0. The van der Waals surface area contributed by atoms with Crippen molar-refractivity contribution in [3.05, 3.63) is 0 Å². The smallest absolute Gasteiger partial charge is 0.225 e. The Hall–Kier alpha value is -0.360. The average Bonchev–Trinajstić information content (AvgIpc) is 2.94. The van der Waals surface area contributed by atoms with Crippen molar-refractivity contribution in [3.8, 4) is 0 Å². The Kier molecular flexibility index (Phi) is 7.07. The maximum Gasteiger partial charge on any atom is 0.225 e. The molecule has 0 aromatic heterocycles. The maximum atomic E-state index is 12.1. The van der Waals surface area contributed by atoms with Gasteiger partial charge in [0.05, 0.1) is 25.7 Å². The number of amides is 1. The zero-order chi connectivity index (χ0) is 13.0. The number of halogens is 1. The monoisotopic (exact) mass is 292 g/mol. The van der Waals surface area contributed by atoms with Gasteiger partial charge in [-0.15, -0.1) is 12.4 Å². The van der Waals surface area contributed by atoms with E-state index in [1.54, 1.807) is 7.11 Å². The van der Waals surface area contributed by atoms with Crippen LogP contribution in [0.2, 0.25) is 0 Å². The normalized spacial score (nSPS) is 32.1. The Morgan fingerprint density at radius 2 is 2.00 bits per heavy atom. The largest absolute Gasteiger partial charge is 0.382 e. The molecule has 6 heteroatoms. The highest BCUT2D eigenvalue weighted by atomic mass is 35.5. The topological polar surface area (TPSA) is 73.6 Å². The molecule has 2 aliphatic carbocycles. The Morgan fingerprint density at radius 1 is 1.26 bits per heavy atom. The molecule has 0 spiro atoms. The van der Waals surface area contributed by atoms with Gasteiger partial charge in [0.1, 0.15) is 0 Å². The highest BCUT2D eigenvalue weighted by Gasteiger charge is 2.48.